The molecule has 72 valence electrons. The molecule has 1 aromatic rings. The first-order valence-electron chi connectivity index (χ1n) is 3.86. The molecule has 1 fully saturated rings. The van der Waals surface area contributed by atoms with Crippen LogP contribution in [0.25, 0.3) is 0 Å². The maximum atomic E-state index is 11.1. The third-order valence-electron chi connectivity index (χ3n) is 2.04. The number of sulfone groups is 1. The van der Waals surface area contributed by atoms with Crippen molar-refractivity contribution < 1.29 is 8.42 Å². The Morgan fingerprint density at radius 2 is 2.31 bits per heavy atom. The van der Waals surface area contributed by atoms with Crippen LogP contribution in [-0.2, 0) is 9.84 Å². The first-order chi connectivity index (χ1) is 6.07. The molecule has 13 heavy (non-hydrogen) atoms. The molecule has 1 aromatic heterocycles. The van der Waals surface area contributed by atoms with E-state index in [2.05, 4.69) is 9.36 Å². The van der Waals surface area contributed by atoms with Crippen LogP contribution in [0.4, 0.5) is 5.95 Å². The lowest BCUT2D eigenvalue weighted by atomic mass is 10.1. The third-order valence-corrected chi connectivity index (χ3v) is 4.70. The van der Waals surface area contributed by atoms with E-state index in [0.717, 1.165) is 5.01 Å². The Balaban J connectivity index is 2.21. The van der Waals surface area contributed by atoms with Crippen molar-refractivity contribution in [2.45, 2.75) is 12.3 Å². The summed E-state index contributed by atoms with van der Waals surface area (Å²) >= 11 is 1.20. The van der Waals surface area contributed by atoms with Crippen molar-refractivity contribution in [3.05, 3.63) is 5.01 Å². The molecule has 5 nitrogen and oxygen atoms in total. The molecule has 7 heteroatoms. The Labute approximate surface area is 80.1 Å². The minimum absolute atomic E-state index is 0.0137. The van der Waals surface area contributed by atoms with Gasteiger partial charge >= 0.3 is 0 Å². The summed E-state index contributed by atoms with van der Waals surface area (Å²) in [5.74, 6) is 0.711. The summed E-state index contributed by atoms with van der Waals surface area (Å²) in [6, 6.07) is 0. The first-order valence-corrected chi connectivity index (χ1v) is 6.46. The van der Waals surface area contributed by atoms with Gasteiger partial charge in [0.25, 0.3) is 0 Å². The second kappa shape index (κ2) is 2.91. The van der Waals surface area contributed by atoms with Crippen molar-refractivity contribution in [2.24, 2.45) is 0 Å². The SMILES string of the molecule is Nc1nsc(C2CCS(=O)(=O)C2)n1. The fourth-order valence-electron chi connectivity index (χ4n) is 1.40. The largest absolute Gasteiger partial charge is 0.367 e. The molecule has 1 unspecified atom stereocenters. The normalized spacial score (nSPS) is 26.3. The van der Waals surface area contributed by atoms with Crippen molar-refractivity contribution in [3.63, 3.8) is 0 Å². The van der Waals surface area contributed by atoms with Gasteiger partial charge in [0.1, 0.15) is 5.01 Å². The van der Waals surface area contributed by atoms with Gasteiger partial charge in [0, 0.05) is 5.92 Å². The van der Waals surface area contributed by atoms with E-state index >= 15 is 0 Å². The Morgan fingerprint density at radius 1 is 1.54 bits per heavy atom. The van der Waals surface area contributed by atoms with Gasteiger partial charge in [0.15, 0.2) is 9.84 Å². The highest BCUT2D eigenvalue weighted by atomic mass is 32.2. The van der Waals surface area contributed by atoms with Crippen molar-refractivity contribution in [1.82, 2.24) is 9.36 Å². The zero-order valence-electron chi connectivity index (χ0n) is 6.80. The van der Waals surface area contributed by atoms with E-state index in [1.165, 1.54) is 11.5 Å². The van der Waals surface area contributed by atoms with Gasteiger partial charge in [-0.1, -0.05) is 0 Å². The van der Waals surface area contributed by atoms with Gasteiger partial charge in [-0.25, -0.2) is 13.4 Å². The van der Waals surface area contributed by atoms with E-state index in [-0.39, 0.29) is 23.4 Å². The summed E-state index contributed by atoms with van der Waals surface area (Å²) in [6.07, 6.45) is 0.650. The van der Waals surface area contributed by atoms with Crippen molar-refractivity contribution >= 4 is 27.3 Å². The highest BCUT2D eigenvalue weighted by Gasteiger charge is 2.31. The topological polar surface area (TPSA) is 85.9 Å². The zero-order valence-corrected chi connectivity index (χ0v) is 8.44. The number of hydrogen-bond donors (Lipinski definition) is 1. The molecule has 0 aromatic carbocycles. The summed E-state index contributed by atoms with van der Waals surface area (Å²) in [5, 5.41) is 0.749. The molecule has 0 amide bonds. The number of anilines is 1. The smallest absolute Gasteiger partial charge is 0.232 e. The lowest BCUT2D eigenvalue weighted by Gasteiger charge is -1.99. The van der Waals surface area contributed by atoms with Crippen LogP contribution >= 0.6 is 11.5 Å². The van der Waals surface area contributed by atoms with Crippen LogP contribution in [0.3, 0.4) is 0 Å². The fraction of sp³-hybridized carbons (Fsp3) is 0.667. The van der Waals surface area contributed by atoms with E-state index in [1.54, 1.807) is 0 Å². The molecular formula is C6H9N3O2S2. The zero-order chi connectivity index (χ0) is 9.47. The van der Waals surface area contributed by atoms with Crippen LogP contribution in [0, 0.1) is 0 Å². The molecule has 2 N–H and O–H groups in total. The van der Waals surface area contributed by atoms with Crippen LogP contribution in [0.5, 0.6) is 0 Å². The van der Waals surface area contributed by atoms with Gasteiger partial charge in [-0.2, -0.15) is 4.37 Å². The van der Waals surface area contributed by atoms with Crippen molar-refractivity contribution in [1.29, 1.82) is 0 Å². The standard InChI is InChI=1S/C6H9N3O2S2/c7-6-8-5(12-9-6)4-1-2-13(10,11)3-4/h4H,1-3H2,(H2,7,9). The number of nitrogens with two attached hydrogens (primary N) is 1. The van der Waals surface area contributed by atoms with Crippen LogP contribution in [0.2, 0.25) is 0 Å². The van der Waals surface area contributed by atoms with Gasteiger partial charge in [0.05, 0.1) is 11.5 Å². The van der Waals surface area contributed by atoms with Gasteiger partial charge < -0.3 is 5.73 Å². The minimum Gasteiger partial charge on any atom is -0.367 e. The second-order valence-electron chi connectivity index (χ2n) is 3.09. The highest BCUT2D eigenvalue weighted by Crippen LogP contribution is 2.29. The Bertz CT molecular complexity index is 411. The van der Waals surface area contributed by atoms with Gasteiger partial charge in [-0.3, -0.25) is 0 Å². The van der Waals surface area contributed by atoms with Gasteiger partial charge in [-0.05, 0) is 18.0 Å². The van der Waals surface area contributed by atoms with E-state index < -0.39 is 9.84 Å². The second-order valence-corrected chi connectivity index (χ2v) is 6.10. The molecule has 1 saturated heterocycles. The lowest BCUT2D eigenvalue weighted by molar-refractivity contribution is 0.601. The molecule has 1 aliphatic heterocycles. The summed E-state index contributed by atoms with van der Waals surface area (Å²) in [5.41, 5.74) is 5.35. The Hall–Kier alpha value is -0.690. The van der Waals surface area contributed by atoms with Crippen LogP contribution in [0.1, 0.15) is 17.3 Å². The number of nitrogens with zero attached hydrogens (tertiary/aromatic N) is 2. The summed E-state index contributed by atoms with van der Waals surface area (Å²) in [6.45, 7) is 0. The predicted octanol–water partition coefficient (Wildman–Crippen LogP) is 0.0224. The van der Waals surface area contributed by atoms with E-state index in [4.69, 9.17) is 5.73 Å². The number of hydrogen-bond acceptors (Lipinski definition) is 6. The lowest BCUT2D eigenvalue weighted by Crippen LogP contribution is -2.03. The maximum absolute atomic E-state index is 11.1. The first kappa shape index (κ1) is 8.89. The van der Waals surface area contributed by atoms with Gasteiger partial charge in [0.2, 0.25) is 5.95 Å². The quantitative estimate of drug-likeness (QED) is 0.719. The van der Waals surface area contributed by atoms with E-state index in [9.17, 15) is 8.42 Å². The molecule has 0 aliphatic carbocycles. The van der Waals surface area contributed by atoms with Crippen LogP contribution in [-0.4, -0.2) is 29.3 Å². The molecule has 1 atom stereocenters. The molecule has 0 saturated carbocycles. The molecular weight excluding hydrogens is 210 g/mol. The Morgan fingerprint density at radius 3 is 2.77 bits per heavy atom. The molecule has 2 rings (SSSR count). The number of nitrogen functional groups attached to an aromatic ring is 1. The van der Waals surface area contributed by atoms with Crippen molar-refractivity contribution in [2.75, 3.05) is 17.2 Å². The molecule has 0 bridgehead atoms. The molecule has 0 spiro atoms. The number of rotatable bonds is 1. The minimum atomic E-state index is -2.84. The number of aromatic nitrogens is 2. The summed E-state index contributed by atoms with van der Waals surface area (Å²) < 4.78 is 26.1. The summed E-state index contributed by atoms with van der Waals surface area (Å²) in [4.78, 5) is 3.98. The summed E-state index contributed by atoms with van der Waals surface area (Å²) in [7, 11) is -2.84. The predicted molar refractivity (Wildman–Crippen MR) is 50.3 cm³/mol. The molecule has 2 heterocycles. The van der Waals surface area contributed by atoms with Crippen LogP contribution < -0.4 is 5.73 Å². The average molecular weight is 219 g/mol. The van der Waals surface area contributed by atoms with E-state index in [0.29, 0.717) is 6.42 Å². The van der Waals surface area contributed by atoms with E-state index in [1.807, 2.05) is 0 Å². The highest BCUT2D eigenvalue weighted by molar-refractivity contribution is 7.91. The average Bonchev–Trinajstić information content (AvgIpc) is 2.56. The molecule has 1 aliphatic rings. The monoisotopic (exact) mass is 219 g/mol. The Kier molecular flexibility index (Phi) is 1.99. The maximum Gasteiger partial charge on any atom is 0.232 e. The van der Waals surface area contributed by atoms with Crippen LogP contribution in [0.15, 0.2) is 0 Å². The fourth-order valence-corrected chi connectivity index (χ4v) is 3.97. The third kappa shape index (κ3) is 1.80. The van der Waals surface area contributed by atoms with Gasteiger partial charge in [-0.15, -0.1) is 0 Å². The van der Waals surface area contributed by atoms with Crippen molar-refractivity contribution in [3.8, 4) is 0 Å². The molecule has 0 radical (unpaired) electrons.